The van der Waals surface area contributed by atoms with Gasteiger partial charge in [0.15, 0.2) is 6.61 Å². The summed E-state index contributed by atoms with van der Waals surface area (Å²) in [6, 6.07) is 9.30. The Balaban J connectivity index is 2.01. The van der Waals surface area contributed by atoms with Gasteiger partial charge in [0.25, 0.3) is 5.91 Å². The third kappa shape index (κ3) is 4.95. The highest BCUT2D eigenvalue weighted by molar-refractivity contribution is 7.16. The largest absolute Gasteiger partial charge is 0.465 e. The summed E-state index contributed by atoms with van der Waals surface area (Å²) in [5.74, 6) is -1.89. The molecule has 2 rings (SSSR count). The van der Waals surface area contributed by atoms with E-state index in [0.29, 0.717) is 17.0 Å². The molecule has 0 fully saturated rings. The van der Waals surface area contributed by atoms with Gasteiger partial charge in [0.1, 0.15) is 5.00 Å². The maximum absolute atomic E-state index is 12.3. The molecule has 1 heterocycles. The quantitative estimate of drug-likeness (QED) is 0.728. The van der Waals surface area contributed by atoms with Crippen LogP contribution in [0.4, 0.5) is 5.00 Å². The van der Waals surface area contributed by atoms with Gasteiger partial charge >= 0.3 is 11.9 Å². The van der Waals surface area contributed by atoms with Crippen molar-refractivity contribution in [1.82, 2.24) is 0 Å². The highest BCUT2D eigenvalue weighted by Gasteiger charge is 2.23. The van der Waals surface area contributed by atoms with Crippen molar-refractivity contribution in [3.63, 3.8) is 0 Å². The number of esters is 2. The number of carbonyl (C=O) groups is 3. The highest BCUT2D eigenvalue weighted by atomic mass is 32.1. The summed E-state index contributed by atoms with van der Waals surface area (Å²) in [5, 5.41) is 3.04. The van der Waals surface area contributed by atoms with Crippen LogP contribution in [-0.2, 0) is 19.1 Å². The Hall–Kier alpha value is -2.67. The van der Waals surface area contributed by atoms with E-state index in [1.54, 1.807) is 6.92 Å². The Bertz CT molecular complexity index is 828. The summed E-state index contributed by atoms with van der Waals surface area (Å²) >= 11 is 1.28. The zero-order valence-electron chi connectivity index (χ0n) is 15.8. The maximum Gasteiger partial charge on any atom is 0.341 e. The van der Waals surface area contributed by atoms with Gasteiger partial charge < -0.3 is 14.8 Å². The van der Waals surface area contributed by atoms with Crippen molar-refractivity contribution >= 4 is 34.2 Å². The number of ether oxygens (including phenoxy) is 2. The van der Waals surface area contributed by atoms with E-state index in [0.717, 1.165) is 16.0 Å². The summed E-state index contributed by atoms with van der Waals surface area (Å²) in [7, 11) is 1.29. The van der Waals surface area contributed by atoms with Crippen LogP contribution in [-0.4, -0.2) is 31.6 Å². The SMILES string of the molecule is CC[C@H](C(=O)OCC(=O)Nc1sc(C)c(C)c1C(=O)OC)c1ccccc1. The van der Waals surface area contributed by atoms with Crippen LogP contribution >= 0.6 is 11.3 Å². The number of amides is 1. The van der Waals surface area contributed by atoms with Crippen molar-refractivity contribution in [2.24, 2.45) is 0 Å². The van der Waals surface area contributed by atoms with Crippen LogP contribution in [0.1, 0.15) is 45.6 Å². The predicted octanol–water partition coefficient (Wildman–Crippen LogP) is 3.83. The number of aryl methyl sites for hydroxylation is 1. The number of methoxy groups -OCH3 is 1. The van der Waals surface area contributed by atoms with Crippen molar-refractivity contribution in [3.05, 3.63) is 51.9 Å². The van der Waals surface area contributed by atoms with E-state index in [1.165, 1.54) is 18.4 Å². The fourth-order valence-corrected chi connectivity index (χ4v) is 3.75. The lowest BCUT2D eigenvalue weighted by Crippen LogP contribution is -2.24. The first-order valence-corrected chi connectivity index (χ1v) is 9.40. The lowest BCUT2D eigenvalue weighted by molar-refractivity contribution is -0.149. The molecule has 0 spiro atoms. The van der Waals surface area contributed by atoms with Crippen LogP contribution in [0.2, 0.25) is 0 Å². The average Bonchev–Trinajstić information content (AvgIpc) is 2.94. The summed E-state index contributed by atoms with van der Waals surface area (Å²) in [6.07, 6.45) is 0.570. The van der Waals surface area contributed by atoms with Gasteiger partial charge in [-0.3, -0.25) is 9.59 Å². The Morgan fingerprint density at radius 2 is 1.81 bits per heavy atom. The molecule has 2 aromatic rings. The minimum atomic E-state index is -0.515. The van der Waals surface area contributed by atoms with Gasteiger partial charge in [-0.05, 0) is 31.4 Å². The first-order valence-electron chi connectivity index (χ1n) is 8.58. The molecule has 27 heavy (non-hydrogen) atoms. The Morgan fingerprint density at radius 1 is 1.15 bits per heavy atom. The van der Waals surface area contributed by atoms with Crippen LogP contribution in [0.3, 0.4) is 0 Å². The van der Waals surface area contributed by atoms with E-state index in [2.05, 4.69) is 5.32 Å². The van der Waals surface area contributed by atoms with E-state index in [9.17, 15) is 14.4 Å². The van der Waals surface area contributed by atoms with Crippen LogP contribution in [0.15, 0.2) is 30.3 Å². The van der Waals surface area contributed by atoms with Gasteiger partial charge in [0, 0.05) is 4.88 Å². The normalized spacial score (nSPS) is 11.6. The number of anilines is 1. The van der Waals surface area contributed by atoms with Crippen LogP contribution in [0.25, 0.3) is 0 Å². The van der Waals surface area contributed by atoms with Crippen molar-refractivity contribution < 1.29 is 23.9 Å². The lowest BCUT2D eigenvalue weighted by Gasteiger charge is -2.14. The Kier molecular flexibility index (Phi) is 7.12. The van der Waals surface area contributed by atoms with E-state index in [1.807, 2.05) is 44.2 Å². The molecule has 0 bridgehead atoms. The Labute approximate surface area is 162 Å². The van der Waals surface area contributed by atoms with Crippen molar-refractivity contribution in [2.75, 3.05) is 19.0 Å². The van der Waals surface area contributed by atoms with Gasteiger partial charge in [-0.15, -0.1) is 11.3 Å². The molecule has 0 unspecified atom stereocenters. The highest BCUT2D eigenvalue weighted by Crippen LogP contribution is 2.32. The zero-order valence-corrected chi connectivity index (χ0v) is 16.6. The molecular formula is C20H23NO5S. The van der Waals surface area contributed by atoms with Gasteiger partial charge in [0.2, 0.25) is 0 Å². The van der Waals surface area contributed by atoms with Gasteiger partial charge in [-0.1, -0.05) is 37.3 Å². The van der Waals surface area contributed by atoms with E-state index in [-0.39, 0.29) is 0 Å². The van der Waals surface area contributed by atoms with E-state index < -0.39 is 30.4 Å². The van der Waals surface area contributed by atoms with Gasteiger partial charge in [0.05, 0.1) is 18.6 Å². The number of benzene rings is 1. The fourth-order valence-electron chi connectivity index (χ4n) is 2.69. The molecule has 0 aliphatic rings. The minimum Gasteiger partial charge on any atom is -0.465 e. The van der Waals surface area contributed by atoms with Gasteiger partial charge in [-0.25, -0.2) is 4.79 Å². The van der Waals surface area contributed by atoms with E-state index in [4.69, 9.17) is 9.47 Å². The molecule has 144 valence electrons. The van der Waals surface area contributed by atoms with Gasteiger partial charge in [-0.2, -0.15) is 0 Å². The molecule has 1 N–H and O–H groups in total. The fraction of sp³-hybridized carbons (Fsp3) is 0.350. The minimum absolute atomic E-state index is 0.329. The number of hydrogen-bond acceptors (Lipinski definition) is 6. The predicted molar refractivity (Wildman–Crippen MR) is 104 cm³/mol. The maximum atomic E-state index is 12.3. The monoisotopic (exact) mass is 389 g/mol. The second kappa shape index (κ2) is 9.32. The first kappa shape index (κ1) is 20.6. The standard InChI is InChI=1S/C20H23NO5S/c1-5-15(14-9-7-6-8-10-14)19(23)26-11-16(22)21-18-17(20(24)25-4)12(2)13(3)27-18/h6-10,15H,5,11H2,1-4H3,(H,21,22)/t15-/m0/s1. The average molecular weight is 389 g/mol. The number of hydrogen-bond donors (Lipinski definition) is 1. The summed E-state index contributed by atoms with van der Waals surface area (Å²) in [6.45, 7) is 5.12. The smallest absolute Gasteiger partial charge is 0.341 e. The molecule has 7 heteroatoms. The zero-order chi connectivity index (χ0) is 20.0. The topological polar surface area (TPSA) is 81.7 Å². The number of rotatable bonds is 7. The molecule has 0 aliphatic heterocycles. The van der Waals surface area contributed by atoms with Crippen molar-refractivity contribution in [1.29, 1.82) is 0 Å². The van der Waals surface area contributed by atoms with E-state index >= 15 is 0 Å². The van der Waals surface area contributed by atoms with Crippen molar-refractivity contribution in [3.8, 4) is 0 Å². The van der Waals surface area contributed by atoms with Crippen LogP contribution in [0.5, 0.6) is 0 Å². The third-order valence-corrected chi connectivity index (χ3v) is 5.39. The summed E-state index contributed by atoms with van der Waals surface area (Å²) < 4.78 is 9.96. The third-order valence-electron chi connectivity index (χ3n) is 4.27. The van der Waals surface area contributed by atoms with Crippen LogP contribution in [0, 0.1) is 13.8 Å². The second-order valence-corrected chi connectivity index (χ2v) is 7.23. The molecule has 6 nitrogen and oxygen atoms in total. The molecule has 0 aliphatic carbocycles. The molecular weight excluding hydrogens is 366 g/mol. The molecule has 0 saturated carbocycles. The molecule has 1 aromatic carbocycles. The molecule has 0 radical (unpaired) electrons. The molecule has 1 amide bonds. The summed E-state index contributed by atoms with van der Waals surface area (Å²) in [4.78, 5) is 37.4. The molecule has 0 saturated heterocycles. The summed E-state index contributed by atoms with van der Waals surface area (Å²) in [5.41, 5.74) is 1.94. The Morgan fingerprint density at radius 3 is 2.41 bits per heavy atom. The van der Waals surface area contributed by atoms with Crippen LogP contribution < -0.4 is 5.32 Å². The number of thiophene rings is 1. The first-order chi connectivity index (χ1) is 12.9. The molecule has 1 aromatic heterocycles. The molecule has 1 atom stereocenters. The second-order valence-electron chi connectivity index (χ2n) is 6.01. The number of nitrogens with one attached hydrogen (secondary N) is 1. The lowest BCUT2D eigenvalue weighted by atomic mass is 9.97. The number of carbonyl (C=O) groups excluding carboxylic acids is 3. The van der Waals surface area contributed by atoms with Crippen molar-refractivity contribution in [2.45, 2.75) is 33.1 Å².